The number of piperidine rings is 1. The van der Waals surface area contributed by atoms with Crippen LogP contribution in [-0.2, 0) is 4.74 Å². The Hall–Kier alpha value is -3.79. The number of carbonyl (C=O) groups is 1. The molecule has 2 aliphatic rings. The standard InChI is InChI=1S/C29H38N6O4/c1-19-7-8-23(30)21(16-19)28(36)31-10-9-20-6-4-5-11-35(20)27-22-17-25(37-2)26(38-3)18-24(22)32-29(33-27)34-12-14-39-15-13-34/h7-8,16-18,20H,4-6,9-15,30H2,1-3H3,(H,31,36). The van der Waals surface area contributed by atoms with Crippen molar-refractivity contribution in [3.63, 3.8) is 0 Å². The van der Waals surface area contributed by atoms with Crippen LogP contribution in [0.2, 0.25) is 0 Å². The zero-order valence-corrected chi connectivity index (χ0v) is 23.0. The lowest BCUT2D eigenvalue weighted by Gasteiger charge is -2.38. The first kappa shape index (κ1) is 26.8. The first-order chi connectivity index (χ1) is 19.0. The molecule has 1 aromatic heterocycles. The number of aromatic nitrogens is 2. The van der Waals surface area contributed by atoms with Gasteiger partial charge in [0.25, 0.3) is 5.91 Å². The summed E-state index contributed by atoms with van der Waals surface area (Å²) in [5, 5.41) is 4.01. The van der Waals surface area contributed by atoms with Crippen LogP contribution in [0.3, 0.4) is 0 Å². The van der Waals surface area contributed by atoms with E-state index in [1.807, 2.05) is 31.2 Å². The third kappa shape index (κ3) is 5.80. The molecule has 0 radical (unpaired) electrons. The Bertz CT molecular complexity index is 1330. The number of amides is 1. The Labute approximate surface area is 229 Å². The molecule has 39 heavy (non-hydrogen) atoms. The monoisotopic (exact) mass is 534 g/mol. The first-order valence-corrected chi connectivity index (χ1v) is 13.7. The summed E-state index contributed by atoms with van der Waals surface area (Å²) in [4.78, 5) is 27.5. The van der Waals surface area contributed by atoms with Gasteiger partial charge in [0.2, 0.25) is 5.95 Å². The molecule has 10 nitrogen and oxygen atoms in total. The molecule has 1 amide bonds. The van der Waals surface area contributed by atoms with Crippen molar-refractivity contribution in [2.45, 2.75) is 38.6 Å². The van der Waals surface area contributed by atoms with Crippen LogP contribution >= 0.6 is 0 Å². The number of methoxy groups -OCH3 is 2. The molecule has 3 aromatic rings. The highest BCUT2D eigenvalue weighted by molar-refractivity contribution is 5.99. The smallest absolute Gasteiger partial charge is 0.253 e. The number of hydrogen-bond donors (Lipinski definition) is 2. The van der Waals surface area contributed by atoms with Gasteiger partial charge in [0.05, 0.1) is 38.5 Å². The summed E-state index contributed by atoms with van der Waals surface area (Å²) in [6.07, 6.45) is 4.03. The Kier molecular flexibility index (Phi) is 8.21. The summed E-state index contributed by atoms with van der Waals surface area (Å²) >= 11 is 0. The van der Waals surface area contributed by atoms with Crippen LogP contribution in [0.4, 0.5) is 17.5 Å². The quantitative estimate of drug-likeness (QED) is 0.419. The molecular weight excluding hydrogens is 496 g/mol. The average Bonchev–Trinajstić information content (AvgIpc) is 2.97. The molecule has 3 N–H and O–H groups in total. The van der Waals surface area contributed by atoms with Gasteiger partial charge in [-0.3, -0.25) is 4.79 Å². The van der Waals surface area contributed by atoms with Crippen molar-refractivity contribution in [1.82, 2.24) is 15.3 Å². The van der Waals surface area contributed by atoms with Crippen LogP contribution in [-0.4, -0.2) is 75.5 Å². The second kappa shape index (κ2) is 11.9. The van der Waals surface area contributed by atoms with Crippen LogP contribution in [0.25, 0.3) is 10.9 Å². The minimum atomic E-state index is -0.141. The molecule has 5 rings (SSSR count). The number of nitrogens with zero attached hydrogens (tertiary/aromatic N) is 4. The Morgan fingerprint density at radius 3 is 2.62 bits per heavy atom. The van der Waals surface area contributed by atoms with Gasteiger partial charge in [-0.1, -0.05) is 11.6 Å². The largest absolute Gasteiger partial charge is 0.493 e. The van der Waals surface area contributed by atoms with Gasteiger partial charge >= 0.3 is 0 Å². The van der Waals surface area contributed by atoms with Gasteiger partial charge in [0.15, 0.2) is 11.5 Å². The molecule has 0 bridgehead atoms. The lowest BCUT2D eigenvalue weighted by atomic mass is 9.98. The maximum Gasteiger partial charge on any atom is 0.253 e. The van der Waals surface area contributed by atoms with Gasteiger partial charge in [-0.25, -0.2) is 4.98 Å². The number of nitrogens with one attached hydrogen (secondary N) is 1. The molecule has 2 saturated heterocycles. The highest BCUT2D eigenvalue weighted by Crippen LogP contribution is 2.38. The normalized spacial score (nSPS) is 17.8. The van der Waals surface area contributed by atoms with Crippen LogP contribution in [0.1, 0.15) is 41.6 Å². The van der Waals surface area contributed by atoms with E-state index in [0.29, 0.717) is 48.5 Å². The molecule has 3 heterocycles. The van der Waals surface area contributed by atoms with Gasteiger partial charge in [-0.2, -0.15) is 4.98 Å². The number of ether oxygens (including phenoxy) is 3. The van der Waals surface area contributed by atoms with E-state index >= 15 is 0 Å². The SMILES string of the molecule is COc1cc2nc(N3CCOCC3)nc(N3CCCCC3CCNC(=O)c3cc(C)ccc3N)c2cc1OC. The van der Waals surface area contributed by atoms with E-state index in [9.17, 15) is 4.79 Å². The topological polar surface area (TPSA) is 115 Å². The fourth-order valence-corrected chi connectivity index (χ4v) is 5.45. The van der Waals surface area contributed by atoms with Crippen LogP contribution in [0.5, 0.6) is 11.5 Å². The number of rotatable bonds is 8. The summed E-state index contributed by atoms with van der Waals surface area (Å²) in [7, 11) is 3.27. The molecule has 0 saturated carbocycles. The van der Waals surface area contributed by atoms with E-state index < -0.39 is 0 Å². The van der Waals surface area contributed by atoms with Crippen molar-refractivity contribution < 1.29 is 19.0 Å². The van der Waals surface area contributed by atoms with Crippen LogP contribution < -0.4 is 30.3 Å². The minimum absolute atomic E-state index is 0.141. The molecule has 0 spiro atoms. The number of anilines is 3. The van der Waals surface area contributed by atoms with Crippen LogP contribution in [0.15, 0.2) is 30.3 Å². The highest BCUT2D eigenvalue weighted by Gasteiger charge is 2.28. The van der Waals surface area contributed by atoms with E-state index in [0.717, 1.165) is 67.6 Å². The maximum atomic E-state index is 12.9. The molecular formula is C29H38N6O4. The van der Waals surface area contributed by atoms with Crippen molar-refractivity contribution in [3.05, 3.63) is 41.5 Å². The number of benzene rings is 2. The third-order valence-corrected chi connectivity index (χ3v) is 7.58. The van der Waals surface area contributed by atoms with Crippen molar-refractivity contribution in [3.8, 4) is 11.5 Å². The van der Waals surface area contributed by atoms with Gasteiger partial charge in [0, 0.05) is 49.4 Å². The Morgan fingerprint density at radius 2 is 1.85 bits per heavy atom. The van der Waals surface area contributed by atoms with E-state index in [-0.39, 0.29) is 11.9 Å². The van der Waals surface area contributed by atoms with E-state index in [1.165, 1.54) is 0 Å². The number of fused-ring (bicyclic) bond motifs is 1. The number of carbonyl (C=O) groups excluding carboxylic acids is 1. The zero-order valence-electron chi connectivity index (χ0n) is 23.0. The van der Waals surface area contributed by atoms with Gasteiger partial charge in [-0.15, -0.1) is 0 Å². The van der Waals surface area contributed by atoms with Crippen molar-refractivity contribution in [2.75, 3.05) is 69.1 Å². The van der Waals surface area contributed by atoms with Crippen molar-refractivity contribution in [2.24, 2.45) is 0 Å². The van der Waals surface area contributed by atoms with Gasteiger partial charge < -0.3 is 35.1 Å². The van der Waals surface area contributed by atoms with Crippen molar-refractivity contribution >= 4 is 34.3 Å². The van der Waals surface area contributed by atoms with Crippen LogP contribution in [0, 0.1) is 6.92 Å². The zero-order chi connectivity index (χ0) is 27.4. The third-order valence-electron chi connectivity index (χ3n) is 7.58. The molecule has 10 heteroatoms. The first-order valence-electron chi connectivity index (χ1n) is 13.7. The van der Waals surface area contributed by atoms with Crippen molar-refractivity contribution in [1.29, 1.82) is 0 Å². The number of hydrogen-bond acceptors (Lipinski definition) is 9. The summed E-state index contributed by atoms with van der Waals surface area (Å²) in [6, 6.07) is 9.64. The molecule has 208 valence electrons. The lowest BCUT2D eigenvalue weighted by Crippen LogP contribution is -2.43. The molecule has 2 fully saturated rings. The summed E-state index contributed by atoms with van der Waals surface area (Å²) in [6.45, 7) is 6.18. The fraction of sp³-hybridized carbons (Fsp3) is 0.483. The highest BCUT2D eigenvalue weighted by atomic mass is 16.5. The summed E-state index contributed by atoms with van der Waals surface area (Å²) in [5.74, 6) is 2.72. The van der Waals surface area contributed by atoms with Gasteiger partial charge in [0.1, 0.15) is 5.82 Å². The molecule has 1 atom stereocenters. The molecule has 1 unspecified atom stereocenters. The molecule has 2 aromatic carbocycles. The van der Waals surface area contributed by atoms with Gasteiger partial charge in [-0.05, 0) is 50.8 Å². The maximum absolute atomic E-state index is 12.9. The lowest BCUT2D eigenvalue weighted by molar-refractivity contribution is 0.0953. The van der Waals surface area contributed by atoms with E-state index in [1.54, 1.807) is 20.3 Å². The molecule has 2 aliphatic heterocycles. The van der Waals surface area contributed by atoms with E-state index in [4.69, 9.17) is 29.9 Å². The number of aryl methyl sites for hydroxylation is 1. The Balaban J connectivity index is 1.44. The second-order valence-electron chi connectivity index (χ2n) is 10.1. The van der Waals surface area contributed by atoms with E-state index in [2.05, 4.69) is 15.1 Å². The Morgan fingerprint density at radius 1 is 1.08 bits per heavy atom. The summed E-state index contributed by atoms with van der Waals surface area (Å²) < 4.78 is 16.8. The fourth-order valence-electron chi connectivity index (χ4n) is 5.45. The number of morpholine rings is 1. The molecule has 0 aliphatic carbocycles. The number of nitrogens with two attached hydrogens (primary N) is 1. The minimum Gasteiger partial charge on any atom is -0.493 e. The second-order valence-corrected chi connectivity index (χ2v) is 10.1. The predicted molar refractivity (Wildman–Crippen MR) is 153 cm³/mol. The summed E-state index contributed by atoms with van der Waals surface area (Å²) in [5.41, 5.74) is 8.89. The average molecular weight is 535 g/mol. The number of nitrogen functional groups attached to an aromatic ring is 1. The predicted octanol–water partition coefficient (Wildman–Crippen LogP) is 3.55.